The number of fused-ring (bicyclic) bond motifs is 1. The predicted octanol–water partition coefficient (Wildman–Crippen LogP) is 7.32. The van der Waals surface area contributed by atoms with Crippen LogP contribution in [0.5, 0.6) is 23.0 Å². The van der Waals surface area contributed by atoms with E-state index in [0.717, 1.165) is 0 Å². The summed E-state index contributed by atoms with van der Waals surface area (Å²) in [7, 11) is -0.506. The summed E-state index contributed by atoms with van der Waals surface area (Å²) in [5, 5.41) is 42.4. The van der Waals surface area contributed by atoms with Gasteiger partial charge in [0, 0.05) is 23.4 Å². The number of ether oxygens (including phenoxy) is 2. The molecule has 12 heteroatoms. The Balaban J connectivity index is 1.80. The average Bonchev–Trinajstić information content (AvgIpc) is 2.96. The lowest BCUT2D eigenvalue weighted by atomic mass is 10.1. The fourth-order valence-electron chi connectivity index (χ4n) is 3.91. The van der Waals surface area contributed by atoms with Crippen LogP contribution in [0.15, 0.2) is 86.0 Å². The Morgan fingerprint density at radius 3 is 2.20 bits per heavy atom. The molecular formula is C28H29N5O6S. The Kier molecular flexibility index (Phi) is 8.49. The van der Waals surface area contributed by atoms with Gasteiger partial charge in [-0.15, -0.1) is 20.5 Å². The van der Waals surface area contributed by atoms with Gasteiger partial charge in [-0.05, 0) is 61.5 Å². The van der Waals surface area contributed by atoms with Crippen LogP contribution in [0.1, 0.15) is 13.8 Å². The van der Waals surface area contributed by atoms with E-state index in [9.17, 15) is 18.6 Å². The molecule has 0 saturated heterocycles. The van der Waals surface area contributed by atoms with E-state index in [2.05, 4.69) is 25.8 Å². The molecule has 4 aromatic rings. The van der Waals surface area contributed by atoms with Crippen LogP contribution in [0.2, 0.25) is 0 Å². The molecule has 0 heterocycles. The van der Waals surface area contributed by atoms with Gasteiger partial charge in [-0.3, -0.25) is 0 Å². The van der Waals surface area contributed by atoms with Crippen molar-refractivity contribution in [2.24, 2.45) is 20.5 Å². The van der Waals surface area contributed by atoms with Gasteiger partial charge in [0.05, 0.1) is 30.6 Å². The predicted molar refractivity (Wildman–Crippen MR) is 154 cm³/mol. The summed E-state index contributed by atoms with van der Waals surface area (Å²) in [5.74, 6) is 0.566. The zero-order chi connectivity index (χ0) is 28.9. The van der Waals surface area contributed by atoms with Crippen molar-refractivity contribution < 1.29 is 28.1 Å². The first-order chi connectivity index (χ1) is 19.2. The number of phenols is 2. The number of phenolic OH excluding ortho intramolecular Hbond substituents is 2. The summed E-state index contributed by atoms with van der Waals surface area (Å²) < 4.78 is 35.4. The molecule has 0 aliphatic carbocycles. The molecule has 0 saturated carbocycles. The lowest BCUT2D eigenvalue weighted by molar-refractivity contribution is 0.412. The third-order valence-electron chi connectivity index (χ3n) is 6.09. The molecule has 0 amide bonds. The molecule has 0 fully saturated rings. The molecule has 0 bridgehead atoms. The van der Waals surface area contributed by atoms with Gasteiger partial charge in [0.15, 0.2) is 15.6 Å². The van der Waals surface area contributed by atoms with Crippen molar-refractivity contribution in [2.75, 3.05) is 31.8 Å². The molecule has 0 aliphatic heterocycles. The third kappa shape index (κ3) is 5.81. The van der Waals surface area contributed by atoms with Crippen molar-refractivity contribution in [3.05, 3.63) is 60.7 Å². The Bertz CT molecular complexity index is 1720. The average molecular weight is 564 g/mol. The number of nitrogens with zero attached hydrogens (tertiary/aromatic N) is 4. The minimum atomic E-state index is -3.47. The van der Waals surface area contributed by atoms with Gasteiger partial charge in [0.2, 0.25) is 0 Å². The molecule has 0 spiro atoms. The number of aromatic hydroxyl groups is 2. The van der Waals surface area contributed by atoms with E-state index in [-0.39, 0.29) is 39.2 Å². The summed E-state index contributed by atoms with van der Waals surface area (Å²) in [6, 6.07) is 15.7. The maximum atomic E-state index is 12.4. The van der Waals surface area contributed by atoms with E-state index in [1.807, 2.05) is 6.92 Å². The minimum absolute atomic E-state index is 0.0554. The largest absolute Gasteiger partial charge is 0.506 e. The molecular weight excluding hydrogens is 534 g/mol. The second kappa shape index (κ2) is 12.0. The summed E-state index contributed by atoms with van der Waals surface area (Å²) in [4.78, 5) is 0.115. The van der Waals surface area contributed by atoms with Gasteiger partial charge in [-0.2, -0.15) is 0 Å². The highest BCUT2D eigenvalue weighted by atomic mass is 32.2. The highest BCUT2D eigenvalue weighted by Crippen LogP contribution is 2.44. The number of rotatable bonds is 10. The first kappa shape index (κ1) is 28.3. The number of anilines is 1. The van der Waals surface area contributed by atoms with Gasteiger partial charge in [-0.1, -0.05) is 6.92 Å². The summed E-state index contributed by atoms with van der Waals surface area (Å²) in [5.41, 5.74) is 1.67. The van der Waals surface area contributed by atoms with E-state index in [1.165, 1.54) is 44.6 Å². The first-order valence-corrected chi connectivity index (χ1v) is 14.0. The van der Waals surface area contributed by atoms with Crippen molar-refractivity contribution in [3.8, 4) is 23.0 Å². The first-order valence-electron chi connectivity index (χ1n) is 12.4. The molecule has 0 atom stereocenters. The second-order valence-electron chi connectivity index (χ2n) is 8.51. The lowest BCUT2D eigenvalue weighted by Gasteiger charge is -2.12. The molecule has 11 nitrogen and oxygen atoms in total. The molecule has 0 aliphatic rings. The number of azo groups is 2. The van der Waals surface area contributed by atoms with Crippen LogP contribution >= 0.6 is 0 Å². The monoisotopic (exact) mass is 563 g/mol. The van der Waals surface area contributed by atoms with Crippen LogP contribution < -0.4 is 14.8 Å². The van der Waals surface area contributed by atoms with Crippen molar-refractivity contribution in [1.82, 2.24) is 0 Å². The second-order valence-corrected chi connectivity index (χ2v) is 10.8. The maximum Gasteiger partial charge on any atom is 0.178 e. The number of benzene rings is 4. The normalized spacial score (nSPS) is 11.9. The quantitative estimate of drug-likeness (QED) is 0.171. The fraction of sp³-hybridized carbons (Fsp3) is 0.214. The van der Waals surface area contributed by atoms with Crippen molar-refractivity contribution in [2.45, 2.75) is 18.7 Å². The topological polar surface area (TPSA) is 155 Å². The highest BCUT2D eigenvalue weighted by molar-refractivity contribution is 7.91. The van der Waals surface area contributed by atoms with Gasteiger partial charge in [0.1, 0.15) is 40.0 Å². The summed E-state index contributed by atoms with van der Waals surface area (Å²) in [6.45, 7) is 4.10. The molecule has 0 radical (unpaired) electrons. The van der Waals surface area contributed by atoms with Gasteiger partial charge < -0.3 is 25.0 Å². The molecule has 208 valence electrons. The van der Waals surface area contributed by atoms with Crippen molar-refractivity contribution >= 4 is 49.0 Å². The SMILES string of the molecule is CCNc1ccc2c(O)c(N=Nc3cc(OC)ccc3O)ccc2c1N=Nc1cc(S(=O)(=O)CC)ccc1OC. The van der Waals surface area contributed by atoms with Crippen LogP contribution in [0.3, 0.4) is 0 Å². The van der Waals surface area contributed by atoms with Crippen LogP contribution in [-0.4, -0.2) is 45.1 Å². The standard InChI is InChI=1S/C28H29N5O6S/c1-5-29-21-11-10-20-19(9-12-22(28(20)35)30-31-23-15-17(38-3)7-13-25(23)34)27(21)33-32-24-16-18(40(36,37)6-2)8-14-26(24)39-4/h7-16,29,34-35H,5-6H2,1-4H3. The van der Waals surface area contributed by atoms with E-state index < -0.39 is 9.84 Å². The maximum absolute atomic E-state index is 12.4. The van der Waals surface area contributed by atoms with Crippen molar-refractivity contribution in [3.63, 3.8) is 0 Å². The molecule has 0 aromatic heterocycles. The van der Waals surface area contributed by atoms with Crippen LogP contribution in [0.25, 0.3) is 10.8 Å². The smallest absolute Gasteiger partial charge is 0.178 e. The Labute approximate surface area is 231 Å². The van der Waals surface area contributed by atoms with Crippen LogP contribution in [-0.2, 0) is 9.84 Å². The van der Waals surface area contributed by atoms with Gasteiger partial charge >= 0.3 is 0 Å². The van der Waals surface area contributed by atoms with E-state index >= 15 is 0 Å². The summed E-state index contributed by atoms with van der Waals surface area (Å²) in [6.07, 6.45) is 0. The minimum Gasteiger partial charge on any atom is -0.506 e. The number of methoxy groups -OCH3 is 2. The van der Waals surface area contributed by atoms with Crippen LogP contribution in [0.4, 0.5) is 28.4 Å². The van der Waals surface area contributed by atoms with E-state index in [4.69, 9.17) is 9.47 Å². The molecule has 3 N–H and O–H groups in total. The zero-order valence-electron chi connectivity index (χ0n) is 22.4. The number of hydrogen-bond acceptors (Lipinski definition) is 11. The summed E-state index contributed by atoms with van der Waals surface area (Å²) >= 11 is 0. The molecule has 40 heavy (non-hydrogen) atoms. The van der Waals surface area contributed by atoms with Gasteiger partial charge in [-0.25, -0.2) is 8.42 Å². The zero-order valence-corrected chi connectivity index (χ0v) is 23.2. The fourth-order valence-corrected chi connectivity index (χ4v) is 4.81. The molecule has 4 rings (SSSR count). The van der Waals surface area contributed by atoms with Crippen LogP contribution in [0, 0.1) is 0 Å². The molecule has 4 aromatic carbocycles. The lowest BCUT2D eigenvalue weighted by Crippen LogP contribution is -2.03. The number of nitrogens with one attached hydrogen (secondary N) is 1. The molecule has 0 unspecified atom stereocenters. The third-order valence-corrected chi connectivity index (χ3v) is 7.82. The highest BCUT2D eigenvalue weighted by Gasteiger charge is 2.16. The Hall–Kier alpha value is -4.71. The van der Waals surface area contributed by atoms with E-state index in [0.29, 0.717) is 40.2 Å². The van der Waals surface area contributed by atoms with Crippen molar-refractivity contribution in [1.29, 1.82) is 0 Å². The number of sulfone groups is 1. The number of hydrogen-bond donors (Lipinski definition) is 3. The Morgan fingerprint density at radius 2 is 1.50 bits per heavy atom. The van der Waals surface area contributed by atoms with Gasteiger partial charge in [0.25, 0.3) is 0 Å². The van der Waals surface area contributed by atoms with E-state index in [1.54, 1.807) is 37.3 Å². The Morgan fingerprint density at radius 1 is 0.775 bits per heavy atom.